The van der Waals surface area contributed by atoms with Gasteiger partial charge in [-0.2, -0.15) is 0 Å². The molecule has 2 aromatic carbocycles. The van der Waals surface area contributed by atoms with Gasteiger partial charge in [0.2, 0.25) is 0 Å². The summed E-state index contributed by atoms with van der Waals surface area (Å²) in [5.74, 6) is -0.210. The van der Waals surface area contributed by atoms with Crippen LogP contribution in [0.2, 0.25) is 0 Å². The van der Waals surface area contributed by atoms with Gasteiger partial charge in [-0.15, -0.1) is 0 Å². The van der Waals surface area contributed by atoms with Crippen molar-refractivity contribution in [3.8, 4) is 5.75 Å². The monoisotopic (exact) mass is 485 g/mol. The zero-order valence-electron chi connectivity index (χ0n) is 22.0. The number of nitrogens with zero attached hydrogens (tertiary/aromatic N) is 1. The number of carboxylic acid groups (broad SMARTS) is 1. The van der Waals surface area contributed by atoms with Gasteiger partial charge in [0.1, 0.15) is 11.5 Å². The van der Waals surface area contributed by atoms with Crippen LogP contribution in [0.1, 0.15) is 89.9 Å². The minimum Gasteiger partial charge on any atom is -0.478 e. The lowest BCUT2D eigenvalue weighted by atomic mass is 9.72. The number of carboxylic acids is 1. The molecule has 0 saturated carbocycles. The van der Waals surface area contributed by atoms with Crippen LogP contribution in [0.4, 0.5) is 0 Å². The van der Waals surface area contributed by atoms with Crippen LogP contribution < -0.4 is 4.74 Å². The van der Waals surface area contributed by atoms with E-state index in [1.807, 2.05) is 39.8 Å². The number of hydrogen-bond acceptors (Lipinski definition) is 4. The number of allylic oxidation sites excluding steroid dienone is 3. The van der Waals surface area contributed by atoms with Gasteiger partial charge in [-0.1, -0.05) is 51.5 Å². The second kappa shape index (κ2) is 10.3. The molecule has 0 amide bonds. The number of fused-ring (bicyclic) bond motifs is 2. The number of hydrogen-bond donors (Lipinski definition) is 1. The lowest BCUT2D eigenvalue weighted by Crippen LogP contribution is -2.29. The first-order valence-electron chi connectivity index (χ1n) is 12.8. The normalized spacial score (nSPS) is 19.8. The van der Waals surface area contributed by atoms with Crippen molar-refractivity contribution < 1.29 is 19.4 Å². The average Bonchev–Trinajstić information content (AvgIpc) is 2.83. The Labute approximate surface area is 213 Å². The van der Waals surface area contributed by atoms with Gasteiger partial charge < -0.3 is 9.84 Å². The summed E-state index contributed by atoms with van der Waals surface area (Å²) in [5.41, 5.74) is 6.59. The summed E-state index contributed by atoms with van der Waals surface area (Å²) in [6.45, 7) is 12.6. The summed E-state index contributed by atoms with van der Waals surface area (Å²) in [5, 5.41) is 10.2. The second-order valence-electron chi connectivity index (χ2n) is 10.1. The average molecular weight is 486 g/mol. The van der Waals surface area contributed by atoms with Crippen LogP contribution in [0, 0.1) is 18.8 Å². The fraction of sp³-hybridized carbons (Fsp3) is 0.387. The van der Waals surface area contributed by atoms with Gasteiger partial charge >= 0.3 is 5.97 Å². The fourth-order valence-corrected chi connectivity index (χ4v) is 5.28. The van der Waals surface area contributed by atoms with Crippen LogP contribution in [0.15, 0.2) is 58.8 Å². The number of carbonyl (C=O) groups is 2. The van der Waals surface area contributed by atoms with Crippen LogP contribution in [-0.2, 0) is 6.42 Å². The highest BCUT2D eigenvalue weighted by molar-refractivity contribution is 6.09. The smallest absolute Gasteiger partial charge is 0.336 e. The molecule has 1 N–H and O–H groups in total. The molecule has 4 rings (SSSR count). The molecule has 0 fully saturated rings. The highest BCUT2D eigenvalue weighted by Gasteiger charge is 2.39. The van der Waals surface area contributed by atoms with Crippen molar-refractivity contribution in [2.45, 2.75) is 60.3 Å². The predicted octanol–water partition coefficient (Wildman–Crippen LogP) is 6.93. The maximum Gasteiger partial charge on any atom is 0.336 e. The van der Waals surface area contributed by atoms with Crippen molar-refractivity contribution in [3.63, 3.8) is 0 Å². The van der Waals surface area contributed by atoms with E-state index in [2.05, 4.69) is 37.0 Å². The minimum absolute atomic E-state index is 0.0640. The summed E-state index contributed by atoms with van der Waals surface area (Å²) < 4.78 is 6.48. The lowest BCUT2D eigenvalue weighted by molar-refractivity contribution is 0.0695. The molecule has 0 spiro atoms. The van der Waals surface area contributed by atoms with Gasteiger partial charge in [0.05, 0.1) is 11.3 Å². The molecule has 2 aromatic rings. The summed E-state index contributed by atoms with van der Waals surface area (Å²) in [4.78, 5) is 29.8. The van der Waals surface area contributed by atoms with Crippen molar-refractivity contribution >= 4 is 17.5 Å². The number of ether oxygens (including phenoxy) is 1. The highest BCUT2D eigenvalue weighted by Crippen LogP contribution is 2.49. The van der Waals surface area contributed by atoms with Crippen LogP contribution in [0.5, 0.6) is 5.75 Å². The topological polar surface area (TPSA) is 76.0 Å². The first kappa shape index (κ1) is 25.6. The zero-order valence-corrected chi connectivity index (χ0v) is 22.0. The molecule has 5 nitrogen and oxygen atoms in total. The maximum atomic E-state index is 12.7. The SMILES string of the molecule is CCCc1cc2c(cc1C)C(c1ccc(C(=O)C(C)C)cc1C(=O)O)C1C=C(C)C(=NCC)C=C1O2. The number of benzene rings is 2. The van der Waals surface area contributed by atoms with E-state index in [0.717, 1.165) is 41.2 Å². The maximum absolute atomic E-state index is 12.7. The van der Waals surface area contributed by atoms with Gasteiger partial charge in [0.15, 0.2) is 5.78 Å². The minimum atomic E-state index is -1.04. The Kier molecular flexibility index (Phi) is 7.30. The lowest BCUT2D eigenvalue weighted by Gasteiger charge is -2.37. The van der Waals surface area contributed by atoms with E-state index in [0.29, 0.717) is 17.7 Å². The fourth-order valence-electron chi connectivity index (χ4n) is 5.28. The molecule has 0 bridgehead atoms. The van der Waals surface area contributed by atoms with Crippen molar-refractivity contribution in [2.75, 3.05) is 6.54 Å². The van der Waals surface area contributed by atoms with Crippen molar-refractivity contribution in [3.05, 3.63) is 87.2 Å². The number of ketones is 1. The molecule has 2 aliphatic rings. The summed E-state index contributed by atoms with van der Waals surface area (Å²) >= 11 is 0. The molecule has 2 unspecified atom stereocenters. The van der Waals surface area contributed by atoms with E-state index in [9.17, 15) is 14.7 Å². The predicted molar refractivity (Wildman–Crippen MR) is 144 cm³/mol. The Morgan fingerprint density at radius 1 is 1.08 bits per heavy atom. The Morgan fingerprint density at radius 3 is 2.47 bits per heavy atom. The Balaban J connectivity index is 1.96. The largest absolute Gasteiger partial charge is 0.478 e. The first-order chi connectivity index (χ1) is 17.2. The van der Waals surface area contributed by atoms with E-state index >= 15 is 0 Å². The summed E-state index contributed by atoms with van der Waals surface area (Å²) in [7, 11) is 0. The molecule has 0 saturated heterocycles. The number of rotatable bonds is 7. The van der Waals surface area contributed by atoms with Crippen molar-refractivity contribution in [2.24, 2.45) is 16.8 Å². The van der Waals surface area contributed by atoms with Gasteiger partial charge in [-0.3, -0.25) is 9.79 Å². The van der Waals surface area contributed by atoms with Gasteiger partial charge in [-0.05, 0) is 61.6 Å². The van der Waals surface area contributed by atoms with Crippen molar-refractivity contribution in [1.29, 1.82) is 0 Å². The number of aliphatic imine (C=N–C) groups is 1. The Bertz CT molecular complexity index is 1310. The van der Waals surface area contributed by atoms with Crippen LogP contribution in [-0.4, -0.2) is 29.1 Å². The molecular weight excluding hydrogens is 450 g/mol. The summed E-state index contributed by atoms with van der Waals surface area (Å²) in [6, 6.07) is 9.39. The molecule has 1 heterocycles. The second-order valence-corrected chi connectivity index (χ2v) is 10.1. The first-order valence-corrected chi connectivity index (χ1v) is 12.8. The molecule has 1 aliphatic heterocycles. The van der Waals surface area contributed by atoms with E-state index in [1.54, 1.807) is 12.1 Å². The van der Waals surface area contributed by atoms with Gasteiger partial charge in [0.25, 0.3) is 0 Å². The number of aryl methyl sites for hydroxylation is 2. The molecule has 0 radical (unpaired) electrons. The molecule has 0 aromatic heterocycles. The molecular formula is C31H35NO4. The van der Waals surface area contributed by atoms with Gasteiger partial charge in [0, 0.05) is 41.5 Å². The third kappa shape index (κ3) is 4.67. The van der Waals surface area contributed by atoms with E-state index in [-0.39, 0.29) is 29.1 Å². The third-order valence-corrected chi connectivity index (χ3v) is 7.11. The third-order valence-electron chi connectivity index (χ3n) is 7.11. The number of carbonyl (C=O) groups excluding carboxylic acids is 1. The van der Waals surface area contributed by atoms with Crippen LogP contribution >= 0.6 is 0 Å². The highest BCUT2D eigenvalue weighted by atomic mass is 16.5. The van der Waals surface area contributed by atoms with Crippen LogP contribution in [0.3, 0.4) is 0 Å². The molecule has 2 atom stereocenters. The quantitative estimate of drug-likeness (QED) is 0.432. The number of aromatic carboxylic acids is 1. The van der Waals surface area contributed by atoms with Crippen LogP contribution in [0.25, 0.3) is 0 Å². The van der Waals surface area contributed by atoms with E-state index < -0.39 is 5.97 Å². The molecule has 188 valence electrons. The van der Waals surface area contributed by atoms with E-state index in [4.69, 9.17) is 4.74 Å². The standard InChI is InChI=1S/C31H35NO4/c1-7-9-20-15-27-24(12-18(20)5)29(25-13-19(6)26(32-8-2)16-28(25)36-27)22-11-10-21(30(33)17(3)4)14-23(22)31(34)35/h10-17,25,29H,7-9H2,1-6H3,(H,34,35). The molecule has 36 heavy (non-hydrogen) atoms. The molecule has 1 aliphatic carbocycles. The Morgan fingerprint density at radius 2 is 1.83 bits per heavy atom. The Hall–Kier alpha value is -3.47. The van der Waals surface area contributed by atoms with Gasteiger partial charge in [-0.25, -0.2) is 4.79 Å². The zero-order chi connectivity index (χ0) is 26.1. The number of Topliss-reactive ketones (excluding diaryl/α,β-unsaturated/α-hetero) is 1. The summed E-state index contributed by atoms with van der Waals surface area (Å²) in [6.07, 6.45) is 6.11. The molecule has 5 heteroatoms. The van der Waals surface area contributed by atoms with Crippen molar-refractivity contribution in [1.82, 2.24) is 0 Å². The van der Waals surface area contributed by atoms with E-state index in [1.165, 1.54) is 11.1 Å².